The van der Waals surface area contributed by atoms with E-state index in [-0.39, 0.29) is 11.4 Å². The first-order valence-electron chi connectivity index (χ1n) is 6.74. The van der Waals surface area contributed by atoms with Gasteiger partial charge in [-0.25, -0.2) is 17.4 Å². The van der Waals surface area contributed by atoms with Gasteiger partial charge in [0.05, 0.1) is 23.6 Å². The molecule has 9 nitrogen and oxygen atoms in total. The highest BCUT2D eigenvalue weighted by Crippen LogP contribution is 2.18. The SMILES string of the molecule is COC(=O)[C@@H](C)CN(C)S(=O)(=O)c1cccc(-n2cnnn2)c1. The molecular formula is C13H17N5O4S. The molecule has 0 aliphatic rings. The van der Waals surface area contributed by atoms with Crippen LogP contribution in [0.3, 0.4) is 0 Å². The van der Waals surface area contributed by atoms with Crippen LogP contribution in [0.5, 0.6) is 0 Å². The van der Waals surface area contributed by atoms with Gasteiger partial charge in [0, 0.05) is 13.6 Å². The zero-order chi connectivity index (χ0) is 17.0. The maximum Gasteiger partial charge on any atom is 0.309 e. The van der Waals surface area contributed by atoms with Crippen molar-refractivity contribution in [1.29, 1.82) is 0 Å². The van der Waals surface area contributed by atoms with Gasteiger partial charge in [-0.1, -0.05) is 13.0 Å². The van der Waals surface area contributed by atoms with E-state index in [9.17, 15) is 13.2 Å². The largest absolute Gasteiger partial charge is 0.469 e. The van der Waals surface area contributed by atoms with Crippen molar-refractivity contribution in [2.75, 3.05) is 20.7 Å². The first kappa shape index (κ1) is 17.0. The van der Waals surface area contributed by atoms with Crippen molar-refractivity contribution in [3.05, 3.63) is 30.6 Å². The molecule has 23 heavy (non-hydrogen) atoms. The second kappa shape index (κ2) is 6.84. The highest BCUT2D eigenvalue weighted by Gasteiger charge is 2.25. The van der Waals surface area contributed by atoms with E-state index in [2.05, 4.69) is 20.3 Å². The van der Waals surface area contributed by atoms with Gasteiger partial charge < -0.3 is 4.74 Å². The predicted molar refractivity (Wildman–Crippen MR) is 80.1 cm³/mol. The topological polar surface area (TPSA) is 107 Å². The Bertz CT molecular complexity index is 775. The number of ether oxygens (including phenoxy) is 1. The Kier molecular flexibility index (Phi) is 5.06. The number of aromatic nitrogens is 4. The number of carbonyl (C=O) groups is 1. The summed E-state index contributed by atoms with van der Waals surface area (Å²) in [6.45, 7) is 1.62. The van der Waals surface area contributed by atoms with Crippen LogP contribution in [0.25, 0.3) is 5.69 Å². The number of sulfonamides is 1. The predicted octanol–water partition coefficient (Wildman–Crippen LogP) is 0.0919. The van der Waals surface area contributed by atoms with Gasteiger partial charge >= 0.3 is 5.97 Å². The first-order valence-corrected chi connectivity index (χ1v) is 8.18. The van der Waals surface area contributed by atoms with E-state index in [0.717, 1.165) is 4.31 Å². The van der Waals surface area contributed by atoms with Crippen LogP contribution in [0.4, 0.5) is 0 Å². The number of esters is 1. The Morgan fingerprint density at radius 2 is 2.17 bits per heavy atom. The number of nitrogens with zero attached hydrogens (tertiary/aromatic N) is 5. The lowest BCUT2D eigenvalue weighted by Gasteiger charge is -2.20. The number of methoxy groups -OCH3 is 1. The molecule has 1 heterocycles. The minimum absolute atomic E-state index is 0.0180. The van der Waals surface area contributed by atoms with Crippen LogP contribution in [-0.4, -0.2) is 59.6 Å². The van der Waals surface area contributed by atoms with Crippen molar-refractivity contribution < 1.29 is 17.9 Å². The molecule has 0 fully saturated rings. The van der Waals surface area contributed by atoms with Crippen molar-refractivity contribution in [1.82, 2.24) is 24.5 Å². The van der Waals surface area contributed by atoms with E-state index < -0.39 is 21.9 Å². The van der Waals surface area contributed by atoms with Crippen molar-refractivity contribution in [3.8, 4) is 5.69 Å². The van der Waals surface area contributed by atoms with Crippen LogP contribution in [0.1, 0.15) is 6.92 Å². The fraction of sp³-hybridized carbons (Fsp3) is 0.385. The molecule has 0 N–H and O–H groups in total. The maximum absolute atomic E-state index is 12.6. The van der Waals surface area contributed by atoms with Gasteiger partial charge in [-0.3, -0.25) is 4.79 Å². The van der Waals surface area contributed by atoms with Crippen LogP contribution >= 0.6 is 0 Å². The second-order valence-corrected chi connectivity index (χ2v) is 7.01. The van der Waals surface area contributed by atoms with Gasteiger partial charge in [0.25, 0.3) is 0 Å². The number of carbonyl (C=O) groups excluding carboxylic acids is 1. The van der Waals surface area contributed by atoms with Gasteiger partial charge in [-0.15, -0.1) is 5.10 Å². The average molecular weight is 339 g/mol. The number of tetrazole rings is 1. The molecule has 0 amide bonds. The van der Waals surface area contributed by atoms with Crippen molar-refractivity contribution in [2.45, 2.75) is 11.8 Å². The lowest BCUT2D eigenvalue weighted by Crippen LogP contribution is -2.34. The summed E-state index contributed by atoms with van der Waals surface area (Å²) in [5, 5.41) is 10.8. The molecule has 1 atom stereocenters. The third kappa shape index (κ3) is 3.71. The summed E-state index contributed by atoms with van der Waals surface area (Å²) in [6.07, 6.45) is 1.37. The molecule has 1 aromatic carbocycles. The Morgan fingerprint density at radius 1 is 1.43 bits per heavy atom. The molecule has 0 aliphatic heterocycles. The fourth-order valence-electron chi connectivity index (χ4n) is 2.01. The van der Waals surface area contributed by atoms with Gasteiger partial charge in [0.2, 0.25) is 10.0 Å². The Hall–Kier alpha value is -2.33. The number of hydrogen-bond acceptors (Lipinski definition) is 7. The normalized spacial score (nSPS) is 13.0. The van der Waals surface area contributed by atoms with Crippen LogP contribution in [0, 0.1) is 5.92 Å². The molecule has 1 aromatic heterocycles. The number of benzene rings is 1. The standard InChI is InChI=1S/C13H17N5O4S/c1-10(13(19)22-3)8-17(2)23(20,21)12-6-4-5-11(7-12)18-9-14-15-16-18/h4-7,9-10H,8H2,1-3H3/t10-/m0/s1. The summed E-state index contributed by atoms with van der Waals surface area (Å²) in [6, 6.07) is 6.22. The Labute approximate surface area is 133 Å². The van der Waals surface area contributed by atoms with E-state index in [1.807, 2.05) is 0 Å². The Morgan fingerprint density at radius 3 is 2.78 bits per heavy atom. The van der Waals surface area contributed by atoms with Gasteiger partial charge in [0.1, 0.15) is 6.33 Å². The van der Waals surface area contributed by atoms with Gasteiger partial charge in [0.15, 0.2) is 0 Å². The molecule has 0 radical (unpaired) electrons. The third-order valence-electron chi connectivity index (χ3n) is 3.27. The summed E-state index contributed by atoms with van der Waals surface area (Å²) >= 11 is 0. The fourth-order valence-corrected chi connectivity index (χ4v) is 3.31. The molecule has 124 valence electrons. The van der Waals surface area contributed by atoms with Crippen molar-refractivity contribution >= 4 is 16.0 Å². The molecular weight excluding hydrogens is 322 g/mol. The van der Waals surface area contributed by atoms with Gasteiger partial charge in [-0.2, -0.15) is 0 Å². The summed E-state index contributed by atoms with van der Waals surface area (Å²) in [5.74, 6) is -1.03. The number of hydrogen-bond donors (Lipinski definition) is 0. The molecule has 0 bridgehead atoms. The molecule has 10 heteroatoms. The first-order chi connectivity index (χ1) is 10.9. The van der Waals surface area contributed by atoms with E-state index in [1.165, 1.54) is 37.3 Å². The third-order valence-corrected chi connectivity index (χ3v) is 5.09. The second-order valence-electron chi connectivity index (χ2n) is 4.96. The minimum Gasteiger partial charge on any atom is -0.469 e. The zero-order valence-electron chi connectivity index (χ0n) is 12.9. The van der Waals surface area contributed by atoms with Gasteiger partial charge in [-0.05, 0) is 28.6 Å². The maximum atomic E-state index is 12.6. The van der Waals surface area contributed by atoms with E-state index in [1.54, 1.807) is 19.1 Å². The summed E-state index contributed by atoms with van der Waals surface area (Å²) in [4.78, 5) is 11.5. The lowest BCUT2D eigenvalue weighted by molar-refractivity contribution is -0.144. The zero-order valence-corrected chi connectivity index (χ0v) is 13.8. The summed E-state index contributed by atoms with van der Waals surface area (Å²) in [7, 11) is -1.06. The molecule has 0 aliphatic carbocycles. The molecule has 2 aromatic rings. The Balaban J connectivity index is 2.26. The smallest absolute Gasteiger partial charge is 0.309 e. The molecule has 0 saturated carbocycles. The van der Waals surface area contributed by atoms with Crippen LogP contribution < -0.4 is 0 Å². The minimum atomic E-state index is -3.75. The van der Waals surface area contributed by atoms with Crippen LogP contribution in [-0.2, 0) is 19.6 Å². The quantitative estimate of drug-likeness (QED) is 0.686. The van der Waals surface area contributed by atoms with Crippen molar-refractivity contribution in [3.63, 3.8) is 0 Å². The molecule has 2 rings (SSSR count). The van der Waals surface area contributed by atoms with E-state index in [0.29, 0.717) is 5.69 Å². The molecule has 0 unspecified atom stereocenters. The van der Waals surface area contributed by atoms with Crippen LogP contribution in [0.15, 0.2) is 35.5 Å². The lowest BCUT2D eigenvalue weighted by atomic mass is 10.2. The summed E-state index contributed by atoms with van der Waals surface area (Å²) in [5.41, 5.74) is 0.519. The molecule has 0 saturated heterocycles. The van der Waals surface area contributed by atoms with E-state index >= 15 is 0 Å². The highest BCUT2D eigenvalue weighted by atomic mass is 32.2. The molecule has 0 spiro atoms. The monoisotopic (exact) mass is 339 g/mol. The highest BCUT2D eigenvalue weighted by molar-refractivity contribution is 7.89. The number of rotatable bonds is 6. The van der Waals surface area contributed by atoms with E-state index in [4.69, 9.17) is 0 Å². The van der Waals surface area contributed by atoms with Crippen LogP contribution in [0.2, 0.25) is 0 Å². The summed E-state index contributed by atoms with van der Waals surface area (Å²) < 4.78 is 32.3. The average Bonchev–Trinajstić information content (AvgIpc) is 3.08. The van der Waals surface area contributed by atoms with Crippen molar-refractivity contribution in [2.24, 2.45) is 5.92 Å².